The van der Waals surface area contributed by atoms with E-state index >= 15 is 0 Å². The third kappa shape index (κ3) is 6.00. The zero-order valence-electron chi connectivity index (χ0n) is 21.7. The molecule has 0 bridgehead atoms. The Morgan fingerprint density at radius 1 is 1.11 bits per heavy atom. The Kier molecular flexibility index (Phi) is 8.56. The number of benzene rings is 2. The van der Waals surface area contributed by atoms with Gasteiger partial charge in [-0.3, -0.25) is 4.79 Å². The number of nitrogens with zero attached hydrogens (tertiary/aromatic N) is 2. The molecule has 7 nitrogen and oxygen atoms in total. The molecule has 0 saturated heterocycles. The first kappa shape index (κ1) is 27.2. The van der Waals surface area contributed by atoms with Crippen molar-refractivity contribution in [1.82, 2.24) is 9.21 Å². The highest BCUT2D eigenvalue weighted by atomic mass is 32.2. The lowest BCUT2D eigenvalue weighted by atomic mass is 10.0. The molecule has 0 unspecified atom stereocenters. The van der Waals surface area contributed by atoms with Crippen LogP contribution in [0.1, 0.15) is 42.3 Å². The number of amides is 1. The third-order valence-electron chi connectivity index (χ3n) is 6.88. The van der Waals surface area contributed by atoms with Crippen molar-refractivity contribution in [1.29, 1.82) is 0 Å². The zero-order valence-corrected chi connectivity index (χ0v) is 23.3. The molecule has 1 aliphatic rings. The summed E-state index contributed by atoms with van der Waals surface area (Å²) in [5, 5.41) is 2.04. The van der Waals surface area contributed by atoms with Crippen LogP contribution >= 0.6 is 11.3 Å². The molecule has 3 aromatic rings. The van der Waals surface area contributed by atoms with E-state index in [1.54, 1.807) is 28.4 Å². The molecular formula is C28H34N2O5S2. The van der Waals surface area contributed by atoms with Gasteiger partial charge >= 0.3 is 0 Å². The molecule has 9 heteroatoms. The highest BCUT2D eigenvalue weighted by Gasteiger charge is 2.36. The number of ether oxygens (including phenoxy) is 2. The molecule has 4 rings (SSSR count). The average molecular weight is 543 g/mol. The SMILES string of the molecule is CC[C@@H](C)N(CC(=O)N1CCc2sccc2[C@H]1COc1ccc(C)cc1)S(=O)(=O)c1ccc(OC)cc1. The van der Waals surface area contributed by atoms with Gasteiger partial charge in [0.2, 0.25) is 15.9 Å². The maximum absolute atomic E-state index is 13.8. The topological polar surface area (TPSA) is 76.2 Å². The Labute approximate surface area is 223 Å². The number of fused-ring (bicyclic) bond motifs is 1. The summed E-state index contributed by atoms with van der Waals surface area (Å²) in [4.78, 5) is 16.9. The minimum absolute atomic E-state index is 0.138. The molecule has 2 aromatic carbocycles. The zero-order chi connectivity index (χ0) is 26.6. The monoisotopic (exact) mass is 542 g/mol. The predicted molar refractivity (Wildman–Crippen MR) is 146 cm³/mol. The van der Waals surface area contributed by atoms with E-state index in [0.717, 1.165) is 23.3 Å². The molecule has 1 aliphatic heterocycles. The smallest absolute Gasteiger partial charge is 0.243 e. The van der Waals surface area contributed by atoms with Gasteiger partial charge in [0, 0.05) is 17.5 Å². The number of rotatable bonds is 10. The van der Waals surface area contributed by atoms with Gasteiger partial charge in [0.15, 0.2) is 0 Å². The molecule has 2 atom stereocenters. The number of hydrogen-bond donors (Lipinski definition) is 0. The van der Waals surface area contributed by atoms with Gasteiger partial charge < -0.3 is 14.4 Å². The molecular weight excluding hydrogens is 508 g/mol. The van der Waals surface area contributed by atoms with E-state index in [2.05, 4.69) is 0 Å². The quantitative estimate of drug-likeness (QED) is 0.358. The second-order valence-electron chi connectivity index (χ2n) is 9.26. The Morgan fingerprint density at radius 3 is 2.43 bits per heavy atom. The molecule has 0 radical (unpaired) electrons. The lowest BCUT2D eigenvalue weighted by Gasteiger charge is -2.37. The molecule has 0 fully saturated rings. The fraction of sp³-hybridized carbons (Fsp3) is 0.393. The Bertz CT molecular complexity index is 1300. The van der Waals surface area contributed by atoms with E-state index in [-0.39, 0.29) is 29.4 Å². The Hall–Kier alpha value is -2.88. The molecule has 0 saturated carbocycles. The Morgan fingerprint density at radius 2 is 1.78 bits per heavy atom. The fourth-order valence-corrected chi connectivity index (χ4v) is 7.06. The Balaban J connectivity index is 1.58. The van der Waals surface area contributed by atoms with Crippen molar-refractivity contribution >= 4 is 27.3 Å². The van der Waals surface area contributed by atoms with Gasteiger partial charge in [-0.2, -0.15) is 4.31 Å². The van der Waals surface area contributed by atoms with E-state index in [9.17, 15) is 13.2 Å². The van der Waals surface area contributed by atoms with E-state index in [1.807, 2.05) is 56.5 Å². The summed E-state index contributed by atoms with van der Waals surface area (Å²) >= 11 is 1.68. The average Bonchev–Trinajstić information content (AvgIpc) is 3.40. The van der Waals surface area contributed by atoms with E-state index in [4.69, 9.17) is 9.47 Å². The summed E-state index contributed by atoms with van der Waals surface area (Å²) in [7, 11) is -2.36. The van der Waals surface area contributed by atoms with Crippen molar-refractivity contribution < 1.29 is 22.7 Å². The second kappa shape index (κ2) is 11.7. The minimum Gasteiger partial charge on any atom is -0.497 e. The summed E-state index contributed by atoms with van der Waals surface area (Å²) in [6.07, 6.45) is 1.33. The van der Waals surface area contributed by atoms with Gasteiger partial charge in [0.05, 0.1) is 24.6 Å². The number of methoxy groups -OCH3 is 1. The number of carbonyl (C=O) groups is 1. The van der Waals surface area contributed by atoms with Crippen LogP contribution in [0, 0.1) is 6.92 Å². The molecule has 198 valence electrons. The van der Waals surface area contributed by atoms with Crippen molar-refractivity contribution in [2.24, 2.45) is 0 Å². The molecule has 2 heterocycles. The van der Waals surface area contributed by atoms with Crippen LogP contribution in [0.25, 0.3) is 0 Å². The summed E-state index contributed by atoms with van der Waals surface area (Å²) in [5.41, 5.74) is 2.22. The lowest BCUT2D eigenvalue weighted by molar-refractivity contribution is -0.135. The van der Waals surface area contributed by atoms with Crippen LogP contribution < -0.4 is 9.47 Å². The summed E-state index contributed by atoms with van der Waals surface area (Å²) in [6, 6.07) is 15.5. The fourth-order valence-electron chi connectivity index (χ4n) is 4.47. The van der Waals surface area contributed by atoms with Gasteiger partial charge in [0.25, 0.3) is 0 Å². The van der Waals surface area contributed by atoms with Crippen molar-refractivity contribution in [2.45, 2.75) is 50.6 Å². The maximum Gasteiger partial charge on any atom is 0.243 e. The predicted octanol–water partition coefficient (Wildman–Crippen LogP) is 5.06. The van der Waals surface area contributed by atoms with Gasteiger partial charge in [-0.15, -0.1) is 11.3 Å². The summed E-state index contributed by atoms with van der Waals surface area (Å²) < 4.78 is 39.8. The van der Waals surface area contributed by atoms with E-state index < -0.39 is 10.0 Å². The van der Waals surface area contributed by atoms with Crippen molar-refractivity contribution in [2.75, 3.05) is 26.8 Å². The highest BCUT2D eigenvalue weighted by molar-refractivity contribution is 7.89. The number of carbonyl (C=O) groups excluding carboxylic acids is 1. The normalized spacial score (nSPS) is 16.4. The van der Waals surface area contributed by atoms with Gasteiger partial charge in [-0.1, -0.05) is 24.6 Å². The maximum atomic E-state index is 13.8. The summed E-state index contributed by atoms with van der Waals surface area (Å²) in [5.74, 6) is 1.08. The molecule has 1 amide bonds. The van der Waals surface area contributed by atoms with E-state index in [0.29, 0.717) is 25.3 Å². The number of hydrogen-bond acceptors (Lipinski definition) is 6. The molecule has 1 aromatic heterocycles. The minimum atomic E-state index is -3.90. The number of sulfonamides is 1. The van der Waals surface area contributed by atoms with Gasteiger partial charge in [-0.25, -0.2) is 8.42 Å². The molecule has 0 N–H and O–H groups in total. The summed E-state index contributed by atoms with van der Waals surface area (Å²) in [6.45, 7) is 6.36. The van der Waals surface area contributed by atoms with Crippen molar-refractivity contribution in [3.8, 4) is 11.5 Å². The first-order valence-corrected chi connectivity index (χ1v) is 14.8. The first-order valence-electron chi connectivity index (χ1n) is 12.5. The van der Waals surface area contributed by atoms with Crippen LogP contribution in [-0.2, 0) is 21.2 Å². The van der Waals surface area contributed by atoms with Crippen LogP contribution in [-0.4, -0.2) is 56.4 Å². The lowest BCUT2D eigenvalue weighted by Crippen LogP contribution is -2.49. The van der Waals surface area contributed by atoms with Crippen LogP contribution in [0.2, 0.25) is 0 Å². The van der Waals surface area contributed by atoms with Crippen LogP contribution in [0.3, 0.4) is 0 Å². The third-order valence-corrected chi connectivity index (χ3v) is 9.85. The molecule has 37 heavy (non-hydrogen) atoms. The van der Waals surface area contributed by atoms with Gasteiger partial charge in [-0.05, 0) is 80.1 Å². The molecule has 0 spiro atoms. The van der Waals surface area contributed by atoms with Crippen LogP contribution in [0.15, 0.2) is 64.9 Å². The van der Waals surface area contributed by atoms with Crippen molar-refractivity contribution in [3.63, 3.8) is 0 Å². The molecule has 0 aliphatic carbocycles. The van der Waals surface area contributed by atoms with Crippen molar-refractivity contribution in [3.05, 3.63) is 76.0 Å². The number of aryl methyl sites for hydroxylation is 1. The largest absolute Gasteiger partial charge is 0.497 e. The standard InChI is InChI=1S/C28H34N2O5S2/c1-5-21(3)30(37(32,33)24-12-10-22(34-4)11-13-24)18-28(31)29-16-14-27-25(15-17-36-27)26(29)19-35-23-8-6-20(2)7-9-23/h6-13,15,17,21,26H,5,14,16,18-19H2,1-4H3/t21-,26-/m1/s1. The van der Waals surface area contributed by atoms with Gasteiger partial charge in [0.1, 0.15) is 18.1 Å². The number of thiophene rings is 1. The highest BCUT2D eigenvalue weighted by Crippen LogP contribution is 2.34. The van der Waals surface area contributed by atoms with E-state index in [1.165, 1.54) is 28.4 Å². The first-order chi connectivity index (χ1) is 17.7. The van der Waals surface area contributed by atoms with Crippen LogP contribution in [0.5, 0.6) is 11.5 Å². The van der Waals surface area contributed by atoms with Crippen LogP contribution in [0.4, 0.5) is 0 Å². The second-order valence-corrected chi connectivity index (χ2v) is 12.2.